The van der Waals surface area contributed by atoms with Crippen LogP contribution in [0.1, 0.15) is 32.3 Å². The summed E-state index contributed by atoms with van der Waals surface area (Å²) in [5.74, 6) is 0.772. The average molecular weight is 232 g/mol. The number of rotatable bonds is 5. The average Bonchev–Trinajstić information content (AvgIpc) is 3.16. The minimum atomic E-state index is 0.129. The molecule has 0 aliphatic heterocycles. The molecule has 0 saturated heterocycles. The lowest BCUT2D eigenvalue weighted by molar-refractivity contribution is 0.383. The fourth-order valence-corrected chi connectivity index (χ4v) is 2.77. The van der Waals surface area contributed by atoms with E-state index in [1.165, 1.54) is 24.1 Å². The molecule has 1 unspecified atom stereocenters. The van der Waals surface area contributed by atoms with E-state index in [-0.39, 0.29) is 5.54 Å². The van der Waals surface area contributed by atoms with Crippen LogP contribution in [0.5, 0.6) is 0 Å². The minimum Gasteiger partial charge on any atom is -0.365 e. The Balaban J connectivity index is 2.28. The maximum Gasteiger partial charge on any atom is 0.0524 e. The Morgan fingerprint density at radius 1 is 1.29 bits per heavy atom. The number of likely N-dealkylation sites (N-methyl/N-ethyl adjacent to an activating group) is 1. The number of hydrogen-bond acceptors (Lipinski definition) is 2. The van der Waals surface area contributed by atoms with Crippen molar-refractivity contribution in [2.45, 2.75) is 39.2 Å². The normalized spacial score (nSPS) is 18.8. The zero-order valence-corrected chi connectivity index (χ0v) is 11.2. The standard InChI is InChI=1S/C15H24N2/c1-4-17(14-9-5-12(2)6-10-14)15(3,11-16)13-7-8-13/h5-6,9-10,13H,4,7-8,11,16H2,1-3H3. The fourth-order valence-electron chi connectivity index (χ4n) is 2.77. The van der Waals surface area contributed by atoms with Gasteiger partial charge in [0.15, 0.2) is 0 Å². The third kappa shape index (κ3) is 2.32. The molecule has 2 nitrogen and oxygen atoms in total. The third-order valence-corrected chi connectivity index (χ3v) is 4.15. The van der Waals surface area contributed by atoms with Crippen LogP contribution in [-0.2, 0) is 0 Å². The van der Waals surface area contributed by atoms with Gasteiger partial charge in [-0.1, -0.05) is 17.7 Å². The van der Waals surface area contributed by atoms with Crippen molar-refractivity contribution in [3.05, 3.63) is 29.8 Å². The van der Waals surface area contributed by atoms with Crippen molar-refractivity contribution in [2.75, 3.05) is 18.0 Å². The van der Waals surface area contributed by atoms with E-state index in [9.17, 15) is 0 Å². The van der Waals surface area contributed by atoms with Gasteiger partial charge in [0.25, 0.3) is 0 Å². The van der Waals surface area contributed by atoms with Crippen LogP contribution in [0, 0.1) is 12.8 Å². The summed E-state index contributed by atoms with van der Waals surface area (Å²) < 4.78 is 0. The quantitative estimate of drug-likeness (QED) is 0.845. The Kier molecular flexibility index (Phi) is 3.43. The highest BCUT2D eigenvalue weighted by Crippen LogP contribution is 2.44. The molecule has 94 valence electrons. The first-order valence-corrected chi connectivity index (χ1v) is 6.66. The lowest BCUT2D eigenvalue weighted by atomic mass is 9.92. The lowest BCUT2D eigenvalue weighted by Gasteiger charge is -2.42. The van der Waals surface area contributed by atoms with Crippen LogP contribution in [0.15, 0.2) is 24.3 Å². The molecule has 1 atom stereocenters. The first-order chi connectivity index (χ1) is 8.11. The van der Waals surface area contributed by atoms with E-state index in [1.54, 1.807) is 0 Å². The molecule has 0 bridgehead atoms. The molecule has 0 spiro atoms. The van der Waals surface area contributed by atoms with E-state index in [1.807, 2.05) is 0 Å². The van der Waals surface area contributed by atoms with Gasteiger partial charge in [0.05, 0.1) is 5.54 Å². The Bertz CT molecular complexity index is 367. The Morgan fingerprint density at radius 2 is 1.88 bits per heavy atom. The van der Waals surface area contributed by atoms with Gasteiger partial charge in [-0.2, -0.15) is 0 Å². The van der Waals surface area contributed by atoms with E-state index in [0.717, 1.165) is 19.0 Å². The highest BCUT2D eigenvalue weighted by Gasteiger charge is 2.44. The van der Waals surface area contributed by atoms with Gasteiger partial charge < -0.3 is 10.6 Å². The first-order valence-electron chi connectivity index (χ1n) is 6.66. The number of benzene rings is 1. The number of anilines is 1. The monoisotopic (exact) mass is 232 g/mol. The van der Waals surface area contributed by atoms with Crippen molar-refractivity contribution in [2.24, 2.45) is 11.7 Å². The highest BCUT2D eigenvalue weighted by molar-refractivity contribution is 5.50. The minimum absolute atomic E-state index is 0.129. The second-order valence-corrected chi connectivity index (χ2v) is 5.42. The third-order valence-electron chi connectivity index (χ3n) is 4.15. The van der Waals surface area contributed by atoms with Gasteiger partial charge in [-0.05, 0) is 51.7 Å². The molecular weight excluding hydrogens is 208 g/mol. The Morgan fingerprint density at radius 3 is 2.29 bits per heavy atom. The summed E-state index contributed by atoms with van der Waals surface area (Å²) in [5.41, 5.74) is 8.79. The molecule has 0 radical (unpaired) electrons. The molecule has 2 N–H and O–H groups in total. The summed E-state index contributed by atoms with van der Waals surface area (Å²) in [5, 5.41) is 0. The smallest absolute Gasteiger partial charge is 0.0524 e. The van der Waals surface area contributed by atoms with Gasteiger partial charge in [0, 0.05) is 18.8 Å². The zero-order valence-electron chi connectivity index (χ0n) is 11.2. The molecule has 1 aliphatic carbocycles. The summed E-state index contributed by atoms with van der Waals surface area (Å²) in [6, 6.07) is 8.80. The maximum atomic E-state index is 6.05. The van der Waals surface area contributed by atoms with Gasteiger partial charge >= 0.3 is 0 Å². The largest absolute Gasteiger partial charge is 0.365 e. The SMILES string of the molecule is CCN(c1ccc(C)cc1)C(C)(CN)C1CC1. The summed E-state index contributed by atoms with van der Waals surface area (Å²) in [7, 11) is 0. The van der Waals surface area contributed by atoms with Crippen molar-refractivity contribution >= 4 is 5.69 Å². The number of nitrogens with zero attached hydrogens (tertiary/aromatic N) is 1. The van der Waals surface area contributed by atoms with Gasteiger partial charge in [-0.25, -0.2) is 0 Å². The summed E-state index contributed by atoms with van der Waals surface area (Å²) in [4.78, 5) is 2.48. The molecular formula is C15H24N2. The molecule has 2 heteroatoms. The van der Waals surface area contributed by atoms with E-state index >= 15 is 0 Å². The van der Waals surface area contributed by atoms with E-state index < -0.39 is 0 Å². The highest BCUT2D eigenvalue weighted by atomic mass is 15.2. The van der Waals surface area contributed by atoms with E-state index in [2.05, 4.69) is 49.9 Å². The van der Waals surface area contributed by atoms with Crippen molar-refractivity contribution < 1.29 is 0 Å². The predicted octanol–water partition coefficient (Wildman–Crippen LogP) is 2.95. The van der Waals surface area contributed by atoms with Crippen molar-refractivity contribution in [3.63, 3.8) is 0 Å². The van der Waals surface area contributed by atoms with Crippen LogP contribution < -0.4 is 10.6 Å². The molecule has 0 amide bonds. The van der Waals surface area contributed by atoms with Gasteiger partial charge in [-0.3, -0.25) is 0 Å². The van der Waals surface area contributed by atoms with Crippen molar-refractivity contribution in [1.82, 2.24) is 0 Å². The Hall–Kier alpha value is -1.02. The summed E-state index contributed by atoms with van der Waals surface area (Å²) in [6.07, 6.45) is 2.66. The van der Waals surface area contributed by atoms with Gasteiger partial charge in [0.1, 0.15) is 0 Å². The number of aryl methyl sites for hydroxylation is 1. The first kappa shape index (κ1) is 12.4. The summed E-state index contributed by atoms with van der Waals surface area (Å²) >= 11 is 0. The van der Waals surface area contributed by atoms with Gasteiger partial charge in [0.2, 0.25) is 0 Å². The predicted molar refractivity (Wildman–Crippen MR) is 74.4 cm³/mol. The molecule has 1 saturated carbocycles. The molecule has 1 fully saturated rings. The maximum absolute atomic E-state index is 6.05. The van der Waals surface area contributed by atoms with Crippen LogP contribution in [0.25, 0.3) is 0 Å². The van der Waals surface area contributed by atoms with Crippen LogP contribution in [0.3, 0.4) is 0 Å². The van der Waals surface area contributed by atoms with Gasteiger partial charge in [-0.15, -0.1) is 0 Å². The number of nitrogens with two attached hydrogens (primary N) is 1. The lowest BCUT2D eigenvalue weighted by Crippen LogP contribution is -2.53. The molecule has 0 aromatic heterocycles. The Labute approximate surface area is 105 Å². The van der Waals surface area contributed by atoms with E-state index in [4.69, 9.17) is 5.73 Å². The summed E-state index contributed by atoms with van der Waals surface area (Å²) in [6.45, 7) is 8.42. The topological polar surface area (TPSA) is 29.3 Å². The number of hydrogen-bond donors (Lipinski definition) is 1. The van der Waals surface area contributed by atoms with Crippen LogP contribution in [0.4, 0.5) is 5.69 Å². The molecule has 1 aromatic carbocycles. The second kappa shape index (κ2) is 4.69. The molecule has 17 heavy (non-hydrogen) atoms. The van der Waals surface area contributed by atoms with Crippen LogP contribution >= 0.6 is 0 Å². The molecule has 2 rings (SSSR count). The van der Waals surface area contributed by atoms with Crippen molar-refractivity contribution in [1.29, 1.82) is 0 Å². The van der Waals surface area contributed by atoms with Crippen LogP contribution in [0.2, 0.25) is 0 Å². The van der Waals surface area contributed by atoms with Crippen molar-refractivity contribution in [3.8, 4) is 0 Å². The molecule has 1 aliphatic rings. The zero-order chi connectivity index (χ0) is 12.5. The second-order valence-electron chi connectivity index (χ2n) is 5.42. The van der Waals surface area contributed by atoms with Crippen LogP contribution in [-0.4, -0.2) is 18.6 Å². The van der Waals surface area contributed by atoms with E-state index in [0.29, 0.717) is 0 Å². The molecule has 0 heterocycles. The molecule has 1 aromatic rings. The fraction of sp³-hybridized carbons (Fsp3) is 0.600.